The van der Waals surface area contributed by atoms with Crippen molar-refractivity contribution in [2.75, 3.05) is 5.75 Å². The van der Waals surface area contributed by atoms with Gasteiger partial charge in [-0.1, -0.05) is 179 Å². The molecule has 3 N–H and O–H groups in total. The lowest BCUT2D eigenvalue weighted by Crippen LogP contribution is -2.47. The highest BCUT2D eigenvalue weighted by molar-refractivity contribution is 7.85. The Morgan fingerprint density at radius 2 is 0.957 bits per heavy atom. The predicted octanol–water partition coefficient (Wildman–Crippen LogP) is 11.6. The fraction of sp³-hybridized carbons (Fsp3) is 0.875. The lowest BCUT2D eigenvalue weighted by Gasteiger charge is -2.23. The highest BCUT2D eigenvalue weighted by atomic mass is 32.2. The van der Waals surface area contributed by atoms with Crippen LogP contribution in [0.2, 0.25) is 0 Å². The summed E-state index contributed by atoms with van der Waals surface area (Å²) in [5, 5.41) is 13.3. The topological polar surface area (TPSA) is 104 Å². The van der Waals surface area contributed by atoms with Crippen LogP contribution in [0.5, 0.6) is 0 Å². The van der Waals surface area contributed by atoms with Crippen LogP contribution in [-0.4, -0.2) is 41.9 Å². The molecule has 47 heavy (non-hydrogen) atoms. The number of aliphatic hydroxyl groups excluding tert-OH is 1. The van der Waals surface area contributed by atoms with Crippen LogP contribution in [-0.2, 0) is 14.9 Å². The second-order valence-corrected chi connectivity index (χ2v) is 15.4. The van der Waals surface area contributed by atoms with Gasteiger partial charge < -0.3 is 10.4 Å². The summed E-state index contributed by atoms with van der Waals surface area (Å²) >= 11 is 0. The van der Waals surface area contributed by atoms with Gasteiger partial charge in [-0.15, -0.1) is 0 Å². The number of allylic oxidation sites excluding steroid dienone is 4. The van der Waals surface area contributed by atoms with Gasteiger partial charge in [0.15, 0.2) is 0 Å². The van der Waals surface area contributed by atoms with Gasteiger partial charge in [0.1, 0.15) is 0 Å². The van der Waals surface area contributed by atoms with E-state index in [2.05, 4.69) is 43.5 Å². The summed E-state index contributed by atoms with van der Waals surface area (Å²) in [5.74, 6) is -0.902. The molecule has 0 aliphatic carbocycles. The summed E-state index contributed by atoms with van der Waals surface area (Å²) in [6.07, 6.45) is 42.6. The van der Waals surface area contributed by atoms with E-state index in [-0.39, 0.29) is 5.91 Å². The number of hydrogen-bond donors (Lipinski definition) is 3. The quantitative estimate of drug-likeness (QED) is 0.0346. The molecule has 0 aromatic heterocycles. The van der Waals surface area contributed by atoms with E-state index >= 15 is 0 Å². The average Bonchev–Trinajstić information content (AvgIpc) is 3.03. The molecule has 0 aliphatic heterocycles. The number of rotatable bonds is 36. The highest BCUT2D eigenvalue weighted by Crippen LogP contribution is 2.16. The molecule has 0 rings (SSSR count). The zero-order valence-corrected chi connectivity index (χ0v) is 31.7. The lowest BCUT2D eigenvalue weighted by molar-refractivity contribution is -0.122. The van der Waals surface area contributed by atoms with Crippen molar-refractivity contribution in [2.45, 2.75) is 219 Å². The fourth-order valence-electron chi connectivity index (χ4n) is 6.13. The van der Waals surface area contributed by atoms with Crippen molar-refractivity contribution in [1.29, 1.82) is 0 Å². The number of unbranched alkanes of at least 4 members (excludes halogenated alkanes) is 24. The number of carbonyl (C=O) groups excluding carboxylic acids is 1. The average molecular weight is 684 g/mol. The summed E-state index contributed by atoms with van der Waals surface area (Å²) in [6.45, 7) is 4.49. The molecular weight excluding hydrogens is 607 g/mol. The van der Waals surface area contributed by atoms with Gasteiger partial charge >= 0.3 is 0 Å². The van der Waals surface area contributed by atoms with Crippen LogP contribution >= 0.6 is 0 Å². The van der Waals surface area contributed by atoms with E-state index < -0.39 is 28.0 Å². The van der Waals surface area contributed by atoms with Gasteiger partial charge in [0, 0.05) is 6.42 Å². The standard InChI is InChI=1S/C40H77NO5S/c1-3-5-7-9-11-13-15-17-19-20-22-24-26-28-30-32-34-36-40(43)41-38(37-47(44,45)46)39(42)35-33-31-29-27-25-23-21-18-16-14-12-10-8-6-4-2/h11,13,17,19,38-39,42H,3-10,12,14-16,18,20-37H2,1-2H3,(H,41,43)(H,44,45,46)/b13-11-,19-17-. The van der Waals surface area contributed by atoms with Gasteiger partial charge in [-0.05, 0) is 44.9 Å². The van der Waals surface area contributed by atoms with Crippen molar-refractivity contribution >= 4 is 16.0 Å². The molecule has 278 valence electrons. The first kappa shape index (κ1) is 45.8. The van der Waals surface area contributed by atoms with Crippen LogP contribution in [0.4, 0.5) is 0 Å². The zero-order chi connectivity index (χ0) is 34.7. The van der Waals surface area contributed by atoms with E-state index in [0.29, 0.717) is 12.8 Å². The smallest absolute Gasteiger partial charge is 0.266 e. The molecule has 0 bridgehead atoms. The molecule has 0 aromatic rings. The molecule has 6 nitrogen and oxygen atoms in total. The normalized spacial score (nSPS) is 13.5. The number of aliphatic hydroxyl groups is 1. The molecule has 0 fully saturated rings. The van der Waals surface area contributed by atoms with Crippen LogP contribution in [0.1, 0.15) is 206 Å². The van der Waals surface area contributed by atoms with Crippen molar-refractivity contribution in [3.8, 4) is 0 Å². The van der Waals surface area contributed by atoms with E-state index in [9.17, 15) is 22.9 Å². The molecule has 0 aromatic carbocycles. The van der Waals surface area contributed by atoms with E-state index in [1.807, 2.05) is 0 Å². The van der Waals surface area contributed by atoms with Crippen LogP contribution in [0.3, 0.4) is 0 Å². The Balaban J connectivity index is 3.89. The molecule has 0 aliphatic rings. The minimum Gasteiger partial charge on any atom is -0.391 e. The first-order chi connectivity index (χ1) is 22.8. The summed E-state index contributed by atoms with van der Waals surface area (Å²) in [4.78, 5) is 12.5. The van der Waals surface area contributed by atoms with E-state index in [0.717, 1.165) is 57.8 Å². The van der Waals surface area contributed by atoms with E-state index in [1.165, 1.54) is 122 Å². The van der Waals surface area contributed by atoms with Crippen molar-refractivity contribution < 1.29 is 22.9 Å². The minimum absolute atomic E-state index is 0.253. The highest BCUT2D eigenvalue weighted by Gasteiger charge is 2.26. The Labute approximate surface area is 292 Å². The molecule has 1 amide bonds. The molecule has 0 saturated heterocycles. The molecule has 7 heteroatoms. The van der Waals surface area contributed by atoms with Gasteiger partial charge in [0.25, 0.3) is 10.1 Å². The third-order valence-corrected chi connectivity index (χ3v) is 9.94. The van der Waals surface area contributed by atoms with Gasteiger partial charge in [0.05, 0.1) is 17.9 Å². The number of nitrogens with one attached hydrogen (secondary N) is 1. The van der Waals surface area contributed by atoms with Gasteiger partial charge in [-0.25, -0.2) is 0 Å². The predicted molar refractivity (Wildman–Crippen MR) is 202 cm³/mol. The van der Waals surface area contributed by atoms with Crippen LogP contribution in [0, 0.1) is 0 Å². The van der Waals surface area contributed by atoms with Gasteiger partial charge in [0.2, 0.25) is 5.91 Å². The Morgan fingerprint density at radius 3 is 1.43 bits per heavy atom. The van der Waals surface area contributed by atoms with Crippen molar-refractivity contribution in [3.05, 3.63) is 24.3 Å². The second kappa shape index (κ2) is 34.7. The van der Waals surface area contributed by atoms with Crippen LogP contribution < -0.4 is 5.32 Å². The molecule has 0 saturated carbocycles. The number of carbonyl (C=O) groups is 1. The maximum Gasteiger partial charge on any atom is 0.266 e. The minimum atomic E-state index is -4.31. The zero-order valence-electron chi connectivity index (χ0n) is 30.9. The second-order valence-electron chi connectivity index (χ2n) is 13.9. The van der Waals surface area contributed by atoms with Crippen molar-refractivity contribution in [3.63, 3.8) is 0 Å². The molecule has 0 radical (unpaired) electrons. The maximum atomic E-state index is 12.5. The molecule has 0 spiro atoms. The van der Waals surface area contributed by atoms with Crippen LogP contribution in [0.25, 0.3) is 0 Å². The third kappa shape index (κ3) is 35.9. The van der Waals surface area contributed by atoms with E-state index in [1.54, 1.807) is 0 Å². The number of amides is 1. The Morgan fingerprint density at radius 1 is 0.574 bits per heavy atom. The Kier molecular flexibility index (Phi) is 33.8. The fourth-order valence-corrected chi connectivity index (χ4v) is 6.89. The Bertz CT molecular complexity index is 842. The van der Waals surface area contributed by atoms with E-state index in [4.69, 9.17) is 0 Å². The molecular formula is C40H77NO5S. The van der Waals surface area contributed by atoms with Crippen molar-refractivity contribution in [1.82, 2.24) is 5.32 Å². The third-order valence-electron chi connectivity index (χ3n) is 9.16. The monoisotopic (exact) mass is 684 g/mol. The summed E-state index contributed by atoms with van der Waals surface area (Å²) in [7, 11) is -4.31. The van der Waals surface area contributed by atoms with Crippen molar-refractivity contribution in [2.24, 2.45) is 0 Å². The summed E-state index contributed by atoms with van der Waals surface area (Å²) in [6, 6.07) is -0.972. The SMILES string of the molecule is CCCCC/C=C\C/C=C\CCCCCCCCCC(=O)NC(CS(=O)(=O)O)C(O)CCCCCCCCCCCCCCCCC. The van der Waals surface area contributed by atoms with Crippen LogP contribution in [0.15, 0.2) is 24.3 Å². The first-order valence-corrected chi connectivity index (χ1v) is 21.6. The largest absolute Gasteiger partial charge is 0.391 e. The molecule has 0 heterocycles. The first-order valence-electron chi connectivity index (χ1n) is 20.0. The Hall–Kier alpha value is -1.18. The summed E-state index contributed by atoms with van der Waals surface area (Å²) in [5.41, 5.74) is 0. The van der Waals surface area contributed by atoms with Gasteiger partial charge in [-0.2, -0.15) is 8.42 Å². The number of hydrogen-bond acceptors (Lipinski definition) is 4. The lowest BCUT2D eigenvalue weighted by atomic mass is 10.0. The maximum absolute atomic E-state index is 12.5. The molecule has 2 unspecified atom stereocenters. The summed E-state index contributed by atoms with van der Waals surface area (Å²) < 4.78 is 32.5. The van der Waals surface area contributed by atoms with Gasteiger partial charge in [-0.3, -0.25) is 9.35 Å². The molecule has 2 atom stereocenters.